The molecule has 1 aliphatic heterocycles. The molecule has 1 aromatic carbocycles. The molecule has 8 nitrogen and oxygen atoms in total. The molecule has 1 aliphatic rings. The molecule has 0 saturated carbocycles. The van der Waals surface area contributed by atoms with Gasteiger partial charge in [0.2, 0.25) is 6.41 Å². The highest BCUT2D eigenvalue weighted by molar-refractivity contribution is 6.04. The maximum atomic E-state index is 12.6. The Bertz CT molecular complexity index is 847. The second-order valence-corrected chi connectivity index (χ2v) is 6.03. The van der Waals surface area contributed by atoms with Gasteiger partial charge in [0.25, 0.3) is 11.8 Å². The number of anilines is 1. The zero-order valence-electron chi connectivity index (χ0n) is 14.9. The van der Waals surface area contributed by atoms with Crippen LogP contribution in [0, 0.1) is 0 Å². The van der Waals surface area contributed by atoms with Gasteiger partial charge >= 0.3 is 0 Å². The molecule has 0 atom stereocenters. The largest absolute Gasteiger partial charge is 0.497 e. The normalized spacial score (nSPS) is 13.8. The van der Waals surface area contributed by atoms with Crippen LogP contribution < -0.4 is 10.1 Å². The van der Waals surface area contributed by atoms with Gasteiger partial charge in [0.1, 0.15) is 17.1 Å². The van der Waals surface area contributed by atoms with Crippen molar-refractivity contribution in [1.29, 1.82) is 0 Å². The van der Waals surface area contributed by atoms with E-state index in [1.54, 1.807) is 59.4 Å². The number of aromatic nitrogens is 1. The summed E-state index contributed by atoms with van der Waals surface area (Å²) < 4.78 is 5.13. The van der Waals surface area contributed by atoms with Gasteiger partial charge in [-0.05, 0) is 24.3 Å². The van der Waals surface area contributed by atoms with Crippen LogP contribution in [0.1, 0.15) is 21.0 Å². The minimum atomic E-state index is -0.413. The number of ether oxygens (including phenoxy) is 1. The van der Waals surface area contributed by atoms with E-state index >= 15 is 0 Å². The van der Waals surface area contributed by atoms with Gasteiger partial charge in [-0.2, -0.15) is 0 Å². The Labute approximate surface area is 156 Å². The van der Waals surface area contributed by atoms with Gasteiger partial charge in [-0.1, -0.05) is 12.1 Å². The van der Waals surface area contributed by atoms with Gasteiger partial charge in [-0.3, -0.25) is 14.4 Å². The lowest BCUT2D eigenvalue weighted by Gasteiger charge is -2.32. The van der Waals surface area contributed by atoms with E-state index in [9.17, 15) is 14.4 Å². The van der Waals surface area contributed by atoms with Crippen molar-refractivity contribution in [1.82, 2.24) is 14.8 Å². The number of amides is 3. The highest BCUT2D eigenvalue weighted by Gasteiger charge is 2.23. The summed E-state index contributed by atoms with van der Waals surface area (Å²) in [6, 6.07) is 11.7. The summed E-state index contributed by atoms with van der Waals surface area (Å²) in [5, 5.41) is 2.74. The number of nitrogens with zero attached hydrogens (tertiary/aromatic N) is 3. The SMILES string of the molecule is COc1cccc(NC(=O)c2cccc(C(=O)N3CCN(C=O)CC3)n2)c1. The molecule has 0 spiro atoms. The molecule has 2 heterocycles. The van der Waals surface area contributed by atoms with Gasteiger partial charge in [0.05, 0.1) is 7.11 Å². The van der Waals surface area contributed by atoms with E-state index in [4.69, 9.17) is 4.74 Å². The number of hydrogen-bond acceptors (Lipinski definition) is 5. The fourth-order valence-electron chi connectivity index (χ4n) is 2.77. The molecule has 0 unspecified atom stereocenters. The third kappa shape index (κ3) is 4.41. The van der Waals surface area contributed by atoms with Crippen LogP contribution in [0.15, 0.2) is 42.5 Å². The first-order valence-corrected chi connectivity index (χ1v) is 8.52. The van der Waals surface area contributed by atoms with Crippen LogP contribution >= 0.6 is 0 Å². The molecule has 8 heteroatoms. The van der Waals surface area contributed by atoms with Crippen LogP contribution in [-0.4, -0.2) is 66.3 Å². The molecule has 1 aromatic heterocycles. The average molecular weight is 368 g/mol. The van der Waals surface area contributed by atoms with E-state index in [2.05, 4.69) is 10.3 Å². The van der Waals surface area contributed by atoms with E-state index in [-0.39, 0.29) is 17.3 Å². The first kappa shape index (κ1) is 18.4. The number of hydrogen-bond donors (Lipinski definition) is 1. The first-order chi connectivity index (χ1) is 13.1. The Hall–Kier alpha value is -3.42. The minimum Gasteiger partial charge on any atom is -0.497 e. The van der Waals surface area contributed by atoms with Gasteiger partial charge in [0, 0.05) is 37.9 Å². The summed E-state index contributed by atoms with van der Waals surface area (Å²) in [5.74, 6) is -0.0422. The number of benzene rings is 1. The van der Waals surface area contributed by atoms with Crippen LogP contribution in [0.4, 0.5) is 5.69 Å². The molecular weight excluding hydrogens is 348 g/mol. The molecule has 0 radical (unpaired) electrons. The van der Waals surface area contributed by atoms with Crippen molar-refractivity contribution in [3.05, 3.63) is 53.9 Å². The molecule has 3 rings (SSSR count). The van der Waals surface area contributed by atoms with Crippen molar-refractivity contribution in [2.75, 3.05) is 38.6 Å². The average Bonchev–Trinajstić information content (AvgIpc) is 2.73. The zero-order chi connectivity index (χ0) is 19.2. The Morgan fingerprint density at radius 2 is 1.78 bits per heavy atom. The molecule has 1 fully saturated rings. The van der Waals surface area contributed by atoms with E-state index < -0.39 is 5.91 Å². The Morgan fingerprint density at radius 1 is 1.07 bits per heavy atom. The summed E-state index contributed by atoms with van der Waals surface area (Å²) >= 11 is 0. The second kappa shape index (κ2) is 8.31. The van der Waals surface area contributed by atoms with Gasteiger partial charge in [0.15, 0.2) is 0 Å². The van der Waals surface area contributed by atoms with Gasteiger partial charge in [-0.25, -0.2) is 4.98 Å². The van der Waals surface area contributed by atoms with Crippen molar-refractivity contribution >= 4 is 23.9 Å². The highest BCUT2D eigenvalue weighted by atomic mass is 16.5. The van der Waals surface area contributed by atoms with Crippen LogP contribution in [0.25, 0.3) is 0 Å². The van der Waals surface area contributed by atoms with Crippen molar-refractivity contribution in [3.8, 4) is 5.75 Å². The van der Waals surface area contributed by atoms with Gasteiger partial charge < -0.3 is 19.9 Å². The molecule has 0 aliphatic carbocycles. The maximum Gasteiger partial charge on any atom is 0.274 e. The second-order valence-electron chi connectivity index (χ2n) is 6.03. The topological polar surface area (TPSA) is 91.8 Å². The zero-order valence-corrected chi connectivity index (χ0v) is 14.9. The fraction of sp³-hybridized carbons (Fsp3) is 0.263. The lowest BCUT2D eigenvalue weighted by molar-refractivity contribution is -0.119. The molecule has 3 amide bonds. The summed E-state index contributed by atoms with van der Waals surface area (Å²) in [7, 11) is 1.55. The lowest BCUT2D eigenvalue weighted by atomic mass is 10.2. The fourth-order valence-corrected chi connectivity index (χ4v) is 2.77. The van der Waals surface area contributed by atoms with Crippen molar-refractivity contribution in [2.45, 2.75) is 0 Å². The summed E-state index contributed by atoms with van der Waals surface area (Å²) in [6.07, 6.45) is 0.781. The standard InChI is InChI=1S/C19H20N4O4/c1-27-15-5-2-4-14(12-15)20-18(25)16-6-3-7-17(21-16)19(26)23-10-8-22(13-24)9-11-23/h2-7,12-13H,8-11H2,1H3,(H,20,25). The van der Waals surface area contributed by atoms with Crippen molar-refractivity contribution < 1.29 is 19.1 Å². The van der Waals surface area contributed by atoms with E-state index in [0.717, 1.165) is 6.41 Å². The van der Waals surface area contributed by atoms with Crippen molar-refractivity contribution in [3.63, 3.8) is 0 Å². The number of carbonyl (C=O) groups is 3. The predicted octanol–water partition coefficient (Wildman–Crippen LogP) is 1.26. The smallest absolute Gasteiger partial charge is 0.274 e. The minimum absolute atomic E-state index is 0.148. The summed E-state index contributed by atoms with van der Waals surface area (Å²) in [6.45, 7) is 1.87. The summed E-state index contributed by atoms with van der Waals surface area (Å²) in [5.41, 5.74) is 0.922. The van der Waals surface area contributed by atoms with E-state index in [1.807, 2.05) is 0 Å². The monoisotopic (exact) mass is 368 g/mol. The van der Waals surface area contributed by atoms with E-state index in [1.165, 1.54) is 0 Å². The van der Waals surface area contributed by atoms with Gasteiger partial charge in [-0.15, -0.1) is 0 Å². The van der Waals surface area contributed by atoms with E-state index in [0.29, 0.717) is 37.6 Å². The molecule has 0 bridgehead atoms. The van der Waals surface area contributed by atoms with Crippen LogP contribution in [0.5, 0.6) is 5.75 Å². The molecule has 1 N–H and O–H groups in total. The predicted molar refractivity (Wildman–Crippen MR) is 98.7 cm³/mol. The number of carbonyl (C=O) groups excluding carboxylic acids is 3. The molecule has 140 valence electrons. The number of methoxy groups -OCH3 is 1. The third-order valence-corrected chi connectivity index (χ3v) is 4.28. The maximum absolute atomic E-state index is 12.6. The van der Waals surface area contributed by atoms with Crippen LogP contribution in [-0.2, 0) is 4.79 Å². The summed E-state index contributed by atoms with van der Waals surface area (Å²) in [4.78, 5) is 43.3. The lowest BCUT2D eigenvalue weighted by Crippen LogP contribution is -2.48. The molecule has 2 aromatic rings. The number of nitrogens with one attached hydrogen (secondary N) is 1. The Balaban J connectivity index is 1.70. The Morgan fingerprint density at radius 3 is 2.48 bits per heavy atom. The number of piperazine rings is 1. The quantitative estimate of drug-likeness (QED) is 0.802. The molecule has 27 heavy (non-hydrogen) atoms. The number of pyridine rings is 1. The first-order valence-electron chi connectivity index (χ1n) is 8.52. The van der Waals surface area contributed by atoms with Crippen molar-refractivity contribution in [2.24, 2.45) is 0 Å². The molecule has 1 saturated heterocycles. The van der Waals surface area contributed by atoms with Crippen LogP contribution in [0.3, 0.4) is 0 Å². The highest BCUT2D eigenvalue weighted by Crippen LogP contribution is 2.17. The molecular formula is C19H20N4O4. The number of rotatable bonds is 5. The Kier molecular flexibility index (Phi) is 5.65. The third-order valence-electron chi connectivity index (χ3n) is 4.28. The van der Waals surface area contributed by atoms with Crippen LogP contribution in [0.2, 0.25) is 0 Å².